The van der Waals surface area contributed by atoms with Crippen molar-refractivity contribution in [3.05, 3.63) is 11.1 Å². The molecule has 1 fully saturated rings. The summed E-state index contributed by atoms with van der Waals surface area (Å²) in [5, 5.41) is 0. The van der Waals surface area contributed by atoms with Gasteiger partial charge in [0, 0.05) is 18.7 Å². The summed E-state index contributed by atoms with van der Waals surface area (Å²) in [6.45, 7) is 4.64. The van der Waals surface area contributed by atoms with E-state index in [0.29, 0.717) is 17.9 Å². The fourth-order valence-electron chi connectivity index (χ4n) is 4.40. The molecule has 0 aromatic carbocycles. The highest BCUT2D eigenvalue weighted by atomic mass is 16.5. The maximum atomic E-state index is 12.8. The summed E-state index contributed by atoms with van der Waals surface area (Å²) in [6.07, 6.45) is 7.97. The lowest BCUT2D eigenvalue weighted by molar-refractivity contribution is -0.141. The minimum absolute atomic E-state index is 0.0736. The van der Waals surface area contributed by atoms with E-state index in [2.05, 4.69) is 18.7 Å². The van der Waals surface area contributed by atoms with Crippen LogP contribution in [-0.4, -0.2) is 30.2 Å². The van der Waals surface area contributed by atoms with Gasteiger partial charge in [-0.1, -0.05) is 26.7 Å². The Balaban J connectivity index is 1.88. The molecule has 0 saturated heterocycles. The lowest BCUT2D eigenvalue weighted by Gasteiger charge is -2.42. The summed E-state index contributed by atoms with van der Waals surface area (Å²) in [6, 6.07) is 0.363. The van der Waals surface area contributed by atoms with Crippen LogP contribution in [0.4, 0.5) is 0 Å². The second-order valence-electron chi connectivity index (χ2n) is 6.85. The number of ether oxygens (including phenoxy) is 1. The molecule has 3 heteroatoms. The van der Waals surface area contributed by atoms with Crippen LogP contribution in [0.3, 0.4) is 0 Å². The highest BCUT2D eigenvalue weighted by molar-refractivity contribution is 5.98. The van der Waals surface area contributed by atoms with Gasteiger partial charge in [-0.05, 0) is 49.5 Å². The first-order valence-electron chi connectivity index (χ1n) is 8.22. The zero-order valence-electron chi connectivity index (χ0n) is 13.0. The average molecular weight is 277 g/mol. The minimum atomic E-state index is -0.0736. The van der Waals surface area contributed by atoms with Gasteiger partial charge in [0.15, 0.2) is 6.23 Å². The average Bonchev–Trinajstić information content (AvgIpc) is 2.75. The SMILES string of the molecule is CO[C@@H]1C2=C(CCCC2)C(=O)N1[C@@H]1CCC[C@H](C)[C@@H]1C. The molecular weight excluding hydrogens is 250 g/mol. The zero-order chi connectivity index (χ0) is 14.3. The predicted octanol–water partition coefficient (Wildman–Crippen LogP) is 3.50. The molecule has 112 valence electrons. The van der Waals surface area contributed by atoms with E-state index in [1.54, 1.807) is 7.11 Å². The van der Waals surface area contributed by atoms with Gasteiger partial charge in [-0.2, -0.15) is 0 Å². The molecule has 4 atom stereocenters. The van der Waals surface area contributed by atoms with E-state index in [1.807, 2.05) is 0 Å². The Morgan fingerprint density at radius 1 is 1.10 bits per heavy atom. The standard InChI is InChI=1S/C17H27NO2/c1-11-7-6-10-15(12(11)2)18-16(19)13-8-4-5-9-14(13)17(18)20-3/h11-12,15,17H,4-10H2,1-3H3/t11-,12-,15+,17+/m0/s1. The number of carbonyl (C=O) groups excluding carboxylic acids is 1. The van der Waals surface area contributed by atoms with E-state index in [-0.39, 0.29) is 12.1 Å². The number of hydrogen-bond donors (Lipinski definition) is 0. The predicted molar refractivity (Wildman–Crippen MR) is 79.1 cm³/mol. The topological polar surface area (TPSA) is 29.5 Å². The molecule has 0 unspecified atom stereocenters. The molecule has 0 aromatic heterocycles. The van der Waals surface area contributed by atoms with Crippen LogP contribution in [0.2, 0.25) is 0 Å². The van der Waals surface area contributed by atoms with E-state index >= 15 is 0 Å². The van der Waals surface area contributed by atoms with Crippen molar-refractivity contribution >= 4 is 5.91 Å². The van der Waals surface area contributed by atoms with Gasteiger partial charge in [-0.15, -0.1) is 0 Å². The van der Waals surface area contributed by atoms with E-state index in [0.717, 1.165) is 31.3 Å². The molecule has 0 aromatic rings. The largest absolute Gasteiger partial charge is 0.357 e. The zero-order valence-corrected chi connectivity index (χ0v) is 13.0. The van der Waals surface area contributed by atoms with Crippen molar-refractivity contribution in [3.63, 3.8) is 0 Å². The molecule has 0 spiro atoms. The maximum absolute atomic E-state index is 12.8. The van der Waals surface area contributed by atoms with Crippen LogP contribution < -0.4 is 0 Å². The normalized spacial score (nSPS) is 38.4. The first-order valence-corrected chi connectivity index (χ1v) is 8.22. The number of hydrogen-bond acceptors (Lipinski definition) is 2. The Kier molecular flexibility index (Phi) is 3.89. The number of carbonyl (C=O) groups is 1. The molecular formula is C17H27NO2. The maximum Gasteiger partial charge on any atom is 0.252 e. The van der Waals surface area contributed by atoms with Crippen molar-refractivity contribution in [2.45, 2.75) is 71.1 Å². The van der Waals surface area contributed by atoms with Gasteiger partial charge < -0.3 is 9.64 Å². The molecule has 1 aliphatic heterocycles. The van der Waals surface area contributed by atoms with Gasteiger partial charge in [0.25, 0.3) is 5.91 Å². The molecule has 0 bridgehead atoms. The van der Waals surface area contributed by atoms with Crippen molar-refractivity contribution in [1.82, 2.24) is 4.90 Å². The summed E-state index contributed by atoms with van der Waals surface area (Å²) in [5.74, 6) is 1.56. The van der Waals surface area contributed by atoms with Gasteiger partial charge in [0.05, 0.1) is 0 Å². The van der Waals surface area contributed by atoms with Gasteiger partial charge in [0.2, 0.25) is 0 Å². The summed E-state index contributed by atoms with van der Waals surface area (Å²) in [7, 11) is 1.76. The molecule has 1 amide bonds. The van der Waals surface area contributed by atoms with Crippen molar-refractivity contribution in [2.24, 2.45) is 11.8 Å². The van der Waals surface area contributed by atoms with Crippen LogP contribution in [-0.2, 0) is 9.53 Å². The highest BCUT2D eigenvalue weighted by Crippen LogP contribution is 2.42. The van der Waals surface area contributed by atoms with Crippen molar-refractivity contribution in [2.75, 3.05) is 7.11 Å². The Hall–Kier alpha value is -0.830. The first-order chi connectivity index (χ1) is 9.65. The second kappa shape index (κ2) is 5.51. The summed E-state index contributed by atoms with van der Waals surface area (Å²) >= 11 is 0. The van der Waals surface area contributed by atoms with Gasteiger partial charge in [-0.25, -0.2) is 0 Å². The number of methoxy groups -OCH3 is 1. The van der Waals surface area contributed by atoms with Crippen LogP contribution in [0.25, 0.3) is 0 Å². The molecule has 3 aliphatic rings. The third kappa shape index (κ3) is 2.11. The molecule has 0 radical (unpaired) electrons. The number of rotatable bonds is 2. The third-order valence-corrected chi connectivity index (χ3v) is 5.80. The van der Waals surface area contributed by atoms with Gasteiger partial charge in [0.1, 0.15) is 0 Å². The van der Waals surface area contributed by atoms with E-state index in [9.17, 15) is 4.79 Å². The number of amides is 1. The summed E-state index contributed by atoms with van der Waals surface area (Å²) < 4.78 is 5.75. The third-order valence-electron chi connectivity index (χ3n) is 5.80. The Morgan fingerprint density at radius 2 is 1.85 bits per heavy atom. The Labute approximate surface area is 122 Å². The van der Waals surface area contributed by atoms with Crippen LogP contribution in [0.15, 0.2) is 11.1 Å². The number of nitrogens with zero attached hydrogens (tertiary/aromatic N) is 1. The van der Waals surface area contributed by atoms with Crippen molar-refractivity contribution in [1.29, 1.82) is 0 Å². The van der Waals surface area contributed by atoms with Crippen molar-refractivity contribution < 1.29 is 9.53 Å². The molecule has 3 nitrogen and oxygen atoms in total. The van der Waals surface area contributed by atoms with Crippen LogP contribution in [0.1, 0.15) is 58.8 Å². The summed E-state index contributed by atoms with van der Waals surface area (Å²) in [4.78, 5) is 14.9. The molecule has 0 N–H and O–H groups in total. The lowest BCUT2D eigenvalue weighted by Crippen LogP contribution is -2.50. The minimum Gasteiger partial charge on any atom is -0.357 e. The monoisotopic (exact) mass is 277 g/mol. The van der Waals surface area contributed by atoms with Crippen molar-refractivity contribution in [3.8, 4) is 0 Å². The van der Waals surface area contributed by atoms with E-state index in [1.165, 1.54) is 24.8 Å². The highest BCUT2D eigenvalue weighted by Gasteiger charge is 2.45. The van der Waals surface area contributed by atoms with Crippen LogP contribution in [0, 0.1) is 11.8 Å². The van der Waals surface area contributed by atoms with Crippen LogP contribution in [0.5, 0.6) is 0 Å². The van der Waals surface area contributed by atoms with Crippen LogP contribution >= 0.6 is 0 Å². The first kappa shape index (κ1) is 14.1. The molecule has 20 heavy (non-hydrogen) atoms. The Morgan fingerprint density at radius 3 is 2.60 bits per heavy atom. The van der Waals surface area contributed by atoms with E-state index < -0.39 is 0 Å². The molecule has 1 heterocycles. The second-order valence-corrected chi connectivity index (χ2v) is 6.85. The fraction of sp³-hybridized carbons (Fsp3) is 0.824. The Bertz CT molecular complexity index is 429. The summed E-state index contributed by atoms with van der Waals surface area (Å²) in [5.41, 5.74) is 2.36. The molecule has 1 saturated carbocycles. The van der Waals surface area contributed by atoms with E-state index in [4.69, 9.17) is 4.74 Å². The smallest absolute Gasteiger partial charge is 0.252 e. The molecule has 3 rings (SSSR count). The lowest BCUT2D eigenvalue weighted by atomic mass is 9.77. The quantitative estimate of drug-likeness (QED) is 0.773. The molecule has 2 aliphatic carbocycles. The van der Waals surface area contributed by atoms with Gasteiger partial charge >= 0.3 is 0 Å². The fourth-order valence-corrected chi connectivity index (χ4v) is 4.40. The van der Waals surface area contributed by atoms with Gasteiger partial charge in [-0.3, -0.25) is 4.79 Å².